The Labute approximate surface area is 171 Å². The Morgan fingerprint density at radius 1 is 1.14 bits per heavy atom. The number of carbonyl (C=O) groups excluding carboxylic acids is 1. The summed E-state index contributed by atoms with van der Waals surface area (Å²) in [6, 6.07) is 16.7. The van der Waals surface area contributed by atoms with Gasteiger partial charge < -0.3 is 16.0 Å². The van der Waals surface area contributed by atoms with Crippen molar-refractivity contribution in [2.75, 3.05) is 32.0 Å². The van der Waals surface area contributed by atoms with Crippen molar-refractivity contribution < 1.29 is 9.18 Å². The molecule has 1 aliphatic heterocycles. The van der Waals surface area contributed by atoms with E-state index in [4.69, 9.17) is 0 Å². The summed E-state index contributed by atoms with van der Waals surface area (Å²) in [6.45, 7) is 3.07. The molecule has 0 aliphatic carbocycles. The van der Waals surface area contributed by atoms with Gasteiger partial charge in [0.05, 0.1) is 6.54 Å². The molecule has 0 atom stereocenters. The number of nitrogens with zero attached hydrogens (tertiary/aromatic N) is 2. The van der Waals surface area contributed by atoms with Crippen molar-refractivity contribution in [2.24, 2.45) is 4.99 Å². The van der Waals surface area contributed by atoms with Crippen LogP contribution in [0.2, 0.25) is 0 Å². The summed E-state index contributed by atoms with van der Waals surface area (Å²) in [4.78, 5) is 18.7. The molecule has 1 saturated heterocycles. The van der Waals surface area contributed by atoms with E-state index in [1.165, 1.54) is 17.7 Å². The maximum absolute atomic E-state index is 13.2. The van der Waals surface area contributed by atoms with E-state index in [0.717, 1.165) is 32.5 Å². The highest BCUT2D eigenvalue weighted by Crippen LogP contribution is 2.14. The zero-order valence-electron chi connectivity index (χ0n) is 16.7. The fourth-order valence-electron chi connectivity index (χ4n) is 3.40. The smallest absolute Gasteiger partial charge is 0.243 e. The third-order valence-electron chi connectivity index (χ3n) is 4.93. The molecule has 0 spiro atoms. The first-order valence-electron chi connectivity index (χ1n) is 9.91. The minimum absolute atomic E-state index is 0.0586. The fourth-order valence-corrected chi connectivity index (χ4v) is 3.40. The number of aliphatic imine (C=N–C) groups is 1. The van der Waals surface area contributed by atoms with E-state index in [1.54, 1.807) is 19.2 Å². The summed E-state index contributed by atoms with van der Waals surface area (Å²) in [5.41, 5.74) is 1.77. The molecule has 154 valence electrons. The Morgan fingerprint density at radius 3 is 2.59 bits per heavy atom. The predicted molar refractivity (Wildman–Crippen MR) is 114 cm³/mol. The molecule has 0 unspecified atom stereocenters. The molecule has 0 aromatic heterocycles. The number of hydrogen-bond donors (Lipinski definition) is 3. The van der Waals surface area contributed by atoms with Gasteiger partial charge in [0.1, 0.15) is 5.82 Å². The molecule has 3 rings (SSSR count). The van der Waals surface area contributed by atoms with Gasteiger partial charge in [0.15, 0.2) is 5.96 Å². The zero-order valence-corrected chi connectivity index (χ0v) is 16.7. The monoisotopic (exact) mass is 397 g/mol. The van der Waals surface area contributed by atoms with Crippen LogP contribution in [0, 0.1) is 5.82 Å². The van der Waals surface area contributed by atoms with Crippen molar-refractivity contribution in [3.05, 3.63) is 66.0 Å². The highest BCUT2D eigenvalue weighted by Gasteiger charge is 2.20. The molecule has 1 heterocycles. The molecule has 6 nitrogen and oxygen atoms in total. The highest BCUT2D eigenvalue weighted by molar-refractivity contribution is 5.95. The average Bonchev–Trinajstić information content (AvgIpc) is 2.73. The van der Waals surface area contributed by atoms with Crippen LogP contribution in [0.4, 0.5) is 10.1 Å². The van der Waals surface area contributed by atoms with E-state index >= 15 is 0 Å². The Kier molecular flexibility index (Phi) is 7.58. The zero-order chi connectivity index (χ0) is 20.5. The van der Waals surface area contributed by atoms with Gasteiger partial charge in [-0.1, -0.05) is 36.4 Å². The van der Waals surface area contributed by atoms with Crippen LogP contribution in [0.5, 0.6) is 0 Å². The van der Waals surface area contributed by atoms with Crippen LogP contribution >= 0.6 is 0 Å². The van der Waals surface area contributed by atoms with E-state index in [1.807, 2.05) is 6.07 Å². The molecule has 1 amide bonds. The van der Waals surface area contributed by atoms with Crippen LogP contribution in [0.1, 0.15) is 18.4 Å². The lowest BCUT2D eigenvalue weighted by Gasteiger charge is -2.33. The molecule has 7 heteroatoms. The van der Waals surface area contributed by atoms with Crippen molar-refractivity contribution in [1.29, 1.82) is 0 Å². The Bertz CT molecular complexity index is 819. The van der Waals surface area contributed by atoms with Crippen molar-refractivity contribution in [3.63, 3.8) is 0 Å². The molecule has 2 aromatic rings. The number of hydrogen-bond acceptors (Lipinski definition) is 3. The van der Waals surface area contributed by atoms with Gasteiger partial charge >= 0.3 is 0 Å². The molecule has 0 radical (unpaired) electrons. The van der Waals surface area contributed by atoms with E-state index in [0.29, 0.717) is 17.7 Å². The maximum Gasteiger partial charge on any atom is 0.243 e. The highest BCUT2D eigenvalue weighted by atomic mass is 19.1. The number of amides is 1. The van der Waals surface area contributed by atoms with Gasteiger partial charge in [0.25, 0.3) is 0 Å². The standard InChI is InChI=1S/C22H28FN5O/c1-24-22(25-15-21(29)26-20-9-5-8-18(23)14-20)27-19-10-12-28(13-11-19)16-17-6-3-2-4-7-17/h2-9,14,19H,10-13,15-16H2,1H3,(H,26,29)(H2,24,25,27). The van der Waals surface area contributed by atoms with Crippen LogP contribution in [0.25, 0.3) is 0 Å². The second kappa shape index (κ2) is 10.6. The first kappa shape index (κ1) is 20.8. The number of benzene rings is 2. The number of anilines is 1. The number of guanidine groups is 1. The SMILES string of the molecule is CN=C(NCC(=O)Nc1cccc(F)c1)NC1CCN(Cc2ccccc2)CC1. The van der Waals surface area contributed by atoms with Crippen molar-refractivity contribution in [3.8, 4) is 0 Å². The number of piperidine rings is 1. The number of carbonyl (C=O) groups is 1. The van der Waals surface area contributed by atoms with Crippen LogP contribution < -0.4 is 16.0 Å². The lowest BCUT2D eigenvalue weighted by molar-refractivity contribution is -0.115. The molecule has 2 aromatic carbocycles. The van der Waals surface area contributed by atoms with Gasteiger partial charge in [-0.05, 0) is 36.6 Å². The Balaban J connectivity index is 1.38. The van der Waals surface area contributed by atoms with Crippen LogP contribution in [0.15, 0.2) is 59.6 Å². The van der Waals surface area contributed by atoms with Crippen LogP contribution in [-0.2, 0) is 11.3 Å². The number of nitrogens with one attached hydrogen (secondary N) is 3. The van der Waals surface area contributed by atoms with Crippen LogP contribution in [0.3, 0.4) is 0 Å². The van der Waals surface area contributed by atoms with Gasteiger partial charge in [-0.2, -0.15) is 0 Å². The van der Waals surface area contributed by atoms with E-state index in [-0.39, 0.29) is 18.3 Å². The van der Waals surface area contributed by atoms with Crippen LogP contribution in [-0.4, -0.2) is 49.5 Å². The molecule has 1 aliphatic rings. The summed E-state index contributed by atoms with van der Waals surface area (Å²) in [6.07, 6.45) is 2.03. The minimum Gasteiger partial charge on any atom is -0.354 e. The molecule has 29 heavy (non-hydrogen) atoms. The number of rotatable bonds is 6. The Morgan fingerprint density at radius 2 is 1.90 bits per heavy atom. The molecule has 0 saturated carbocycles. The van der Waals surface area contributed by atoms with Gasteiger partial charge in [-0.15, -0.1) is 0 Å². The first-order chi connectivity index (χ1) is 14.1. The normalized spacial score (nSPS) is 15.7. The van der Waals surface area contributed by atoms with Crippen molar-refractivity contribution >= 4 is 17.6 Å². The number of halogens is 1. The maximum atomic E-state index is 13.2. The lowest BCUT2D eigenvalue weighted by Crippen LogP contribution is -2.49. The van der Waals surface area contributed by atoms with Gasteiger partial charge in [-0.3, -0.25) is 14.7 Å². The molecule has 1 fully saturated rings. The summed E-state index contributed by atoms with van der Waals surface area (Å²) in [5.74, 6) is -0.0380. The van der Waals surface area contributed by atoms with Gasteiger partial charge in [0, 0.05) is 38.4 Å². The molecular weight excluding hydrogens is 369 g/mol. The minimum atomic E-state index is -0.383. The second-order valence-corrected chi connectivity index (χ2v) is 7.16. The summed E-state index contributed by atoms with van der Waals surface area (Å²) >= 11 is 0. The Hall–Kier alpha value is -2.93. The van der Waals surface area contributed by atoms with Crippen molar-refractivity contribution in [2.45, 2.75) is 25.4 Å². The average molecular weight is 397 g/mol. The third-order valence-corrected chi connectivity index (χ3v) is 4.93. The second-order valence-electron chi connectivity index (χ2n) is 7.16. The van der Waals surface area contributed by atoms with Gasteiger partial charge in [0.2, 0.25) is 5.91 Å². The molecule has 3 N–H and O–H groups in total. The number of likely N-dealkylation sites (tertiary alicyclic amines) is 1. The largest absolute Gasteiger partial charge is 0.354 e. The van der Waals surface area contributed by atoms with E-state index in [9.17, 15) is 9.18 Å². The van der Waals surface area contributed by atoms with Crippen molar-refractivity contribution in [1.82, 2.24) is 15.5 Å². The first-order valence-corrected chi connectivity index (χ1v) is 9.91. The van der Waals surface area contributed by atoms with Gasteiger partial charge in [-0.25, -0.2) is 4.39 Å². The summed E-state index contributed by atoms with van der Waals surface area (Å²) < 4.78 is 13.2. The topological polar surface area (TPSA) is 68.8 Å². The third kappa shape index (κ3) is 6.87. The molecular formula is C22H28FN5O. The predicted octanol–water partition coefficient (Wildman–Crippen LogP) is 2.59. The summed E-state index contributed by atoms with van der Waals surface area (Å²) in [5, 5.41) is 9.08. The lowest BCUT2D eigenvalue weighted by atomic mass is 10.0. The molecule has 0 bridgehead atoms. The fraction of sp³-hybridized carbons (Fsp3) is 0.364. The summed E-state index contributed by atoms with van der Waals surface area (Å²) in [7, 11) is 1.68. The quantitative estimate of drug-likeness (QED) is 0.518. The van der Waals surface area contributed by atoms with E-state index in [2.05, 4.69) is 50.1 Å². The van der Waals surface area contributed by atoms with E-state index < -0.39 is 0 Å².